The zero-order chi connectivity index (χ0) is 24.9. The fourth-order valence-corrected chi connectivity index (χ4v) is 5.40. The average molecular weight is 491 g/mol. The maximum absolute atomic E-state index is 13.4. The molecule has 3 heterocycles. The Balaban J connectivity index is 1.44. The lowest BCUT2D eigenvalue weighted by Crippen LogP contribution is -2.28. The number of rotatable bonds is 5. The van der Waals surface area contributed by atoms with Gasteiger partial charge in [0.05, 0.1) is 28.5 Å². The van der Waals surface area contributed by atoms with Gasteiger partial charge in [-0.1, -0.05) is 35.5 Å². The van der Waals surface area contributed by atoms with Crippen molar-refractivity contribution in [3.05, 3.63) is 79.8 Å². The molecule has 178 valence electrons. The van der Waals surface area contributed by atoms with E-state index in [4.69, 9.17) is 4.98 Å². The van der Waals surface area contributed by atoms with E-state index < -0.39 is 4.92 Å². The van der Waals surface area contributed by atoms with Gasteiger partial charge < -0.3 is 5.32 Å². The van der Waals surface area contributed by atoms with Crippen LogP contribution in [0.4, 0.5) is 11.4 Å². The summed E-state index contributed by atoms with van der Waals surface area (Å²) < 4.78 is 3.24. The summed E-state index contributed by atoms with van der Waals surface area (Å²) >= 11 is 1.42. The average Bonchev–Trinajstić information content (AvgIpc) is 3.40. The fourth-order valence-electron chi connectivity index (χ4n) is 4.27. The molecule has 0 saturated heterocycles. The Bertz CT molecular complexity index is 1570. The van der Waals surface area contributed by atoms with Crippen LogP contribution in [0.15, 0.2) is 52.5 Å². The van der Waals surface area contributed by atoms with E-state index in [0.29, 0.717) is 33.2 Å². The molecule has 0 radical (unpaired) electrons. The number of aromatic nitrogens is 4. The predicted molar refractivity (Wildman–Crippen MR) is 133 cm³/mol. The molecule has 1 aliphatic heterocycles. The molecule has 2 aromatic heterocycles. The van der Waals surface area contributed by atoms with Crippen LogP contribution < -0.4 is 10.9 Å². The van der Waals surface area contributed by atoms with Gasteiger partial charge in [0.15, 0.2) is 10.8 Å². The molecule has 0 bridgehead atoms. The third kappa shape index (κ3) is 4.08. The number of benzene rings is 2. The molecule has 2 aromatic carbocycles. The Labute approximate surface area is 204 Å². The third-order valence-electron chi connectivity index (χ3n) is 6.08. The molecule has 10 nitrogen and oxygen atoms in total. The van der Waals surface area contributed by atoms with Crippen LogP contribution in [0.3, 0.4) is 0 Å². The molecular formula is C24H22N6O4S. The molecule has 1 amide bonds. The smallest absolute Gasteiger partial charge is 0.271 e. The zero-order valence-electron chi connectivity index (χ0n) is 19.3. The van der Waals surface area contributed by atoms with E-state index >= 15 is 0 Å². The van der Waals surface area contributed by atoms with Gasteiger partial charge in [0.1, 0.15) is 5.39 Å². The maximum atomic E-state index is 13.4. The lowest BCUT2D eigenvalue weighted by molar-refractivity contribution is -0.384. The van der Waals surface area contributed by atoms with Gasteiger partial charge in [-0.25, -0.2) is 9.67 Å². The topological polar surface area (TPSA) is 125 Å². The minimum Gasteiger partial charge on any atom is -0.326 e. The number of carbonyl (C=O) groups excluding carboxylic acids is 1. The van der Waals surface area contributed by atoms with Crippen LogP contribution in [0.1, 0.15) is 29.2 Å². The summed E-state index contributed by atoms with van der Waals surface area (Å²) in [6, 6.07) is 9.93. The number of nitro groups is 1. The van der Waals surface area contributed by atoms with Gasteiger partial charge >= 0.3 is 0 Å². The highest BCUT2D eigenvalue weighted by atomic mass is 32.2. The summed E-state index contributed by atoms with van der Waals surface area (Å²) in [7, 11) is 0. The number of carbonyl (C=O) groups is 1. The predicted octanol–water partition coefficient (Wildman–Crippen LogP) is 4.09. The van der Waals surface area contributed by atoms with Crippen molar-refractivity contribution in [1.82, 2.24) is 19.3 Å². The van der Waals surface area contributed by atoms with Crippen molar-refractivity contribution in [2.24, 2.45) is 0 Å². The first-order valence-electron chi connectivity index (χ1n) is 11.0. The number of anilines is 1. The number of nitrogens with one attached hydrogen (secondary N) is 1. The highest BCUT2D eigenvalue weighted by Gasteiger charge is 2.30. The van der Waals surface area contributed by atoms with Crippen LogP contribution in [0, 0.1) is 30.9 Å². The number of fused-ring (bicyclic) bond motifs is 2. The van der Waals surface area contributed by atoms with E-state index in [1.807, 2.05) is 26.0 Å². The first-order valence-corrected chi connectivity index (χ1v) is 12.0. The van der Waals surface area contributed by atoms with Crippen molar-refractivity contribution in [3.8, 4) is 5.69 Å². The second-order valence-electron chi connectivity index (χ2n) is 8.63. The summed E-state index contributed by atoms with van der Waals surface area (Å²) in [5.41, 5.74) is 4.25. The molecule has 1 aliphatic rings. The lowest BCUT2D eigenvalue weighted by Gasteiger charge is -2.14. The van der Waals surface area contributed by atoms with Gasteiger partial charge in [-0.15, -0.1) is 0 Å². The summed E-state index contributed by atoms with van der Waals surface area (Å²) in [6.45, 7) is 5.77. The van der Waals surface area contributed by atoms with Crippen LogP contribution in [0.5, 0.6) is 0 Å². The van der Waals surface area contributed by atoms with Gasteiger partial charge in [-0.2, -0.15) is 5.10 Å². The molecule has 1 unspecified atom stereocenters. The number of hydrogen-bond acceptors (Lipinski definition) is 7. The fraction of sp³-hybridized carbons (Fsp3) is 0.250. The van der Waals surface area contributed by atoms with Crippen molar-refractivity contribution >= 4 is 40.1 Å². The molecule has 0 spiro atoms. The molecule has 0 fully saturated rings. The van der Waals surface area contributed by atoms with Crippen LogP contribution in [0.2, 0.25) is 0 Å². The molecule has 1 N–H and O–H groups in total. The Morgan fingerprint density at radius 3 is 2.74 bits per heavy atom. The van der Waals surface area contributed by atoms with Crippen LogP contribution in [-0.2, 0) is 4.79 Å². The molecule has 4 aromatic rings. The second kappa shape index (κ2) is 8.66. The van der Waals surface area contributed by atoms with Gasteiger partial charge in [0, 0.05) is 24.3 Å². The van der Waals surface area contributed by atoms with Crippen LogP contribution in [-0.4, -0.2) is 35.9 Å². The normalized spacial score (nSPS) is 14.8. The molecule has 5 rings (SSSR count). The first kappa shape index (κ1) is 22.8. The quantitative estimate of drug-likeness (QED) is 0.254. The Morgan fingerprint density at radius 2 is 2.00 bits per heavy atom. The Morgan fingerprint density at radius 1 is 1.20 bits per heavy atom. The SMILES string of the molecule is Cc1ccc(-n2ncc3c(=O)n4c(nc32)SCC4CC(=O)Nc2cc([N+](=O)[O-])ccc2C)c(C)c1. The molecule has 11 heteroatoms. The molecular weight excluding hydrogens is 468 g/mol. The maximum Gasteiger partial charge on any atom is 0.271 e. The summed E-state index contributed by atoms with van der Waals surface area (Å²) in [4.78, 5) is 41.5. The minimum absolute atomic E-state index is 0.0421. The molecule has 35 heavy (non-hydrogen) atoms. The number of hydrogen-bond donors (Lipinski definition) is 1. The second-order valence-corrected chi connectivity index (χ2v) is 9.61. The van der Waals surface area contributed by atoms with Crippen molar-refractivity contribution in [1.29, 1.82) is 0 Å². The van der Waals surface area contributed by atoms with Crippen LogP contribution in [0.25, 0.3) is 16.7 Å². The zero-order valence-corrected chi connectivity index (χ0v) is 20.1. The Hall–Kier alpha value is -3.99. The number of thioether (sulfide) groups is 1. The number of aryl methyl sites for hydroxylation is 3. The van der Waals surface area contributed by atoms with Crippen molar-refractivity contribution in [3.63, 3.8) is 0 Å². The highest BCUT2D eigenvalue weighted by molar-refractivity contribution is 7.99. The highest BCUT2D eigenvalue weighted by Crippen LogP contribution is 2.34. The van der Waals surface area contributed by atoms with Crippen molar-refractivity contribution in [2.75, 3.05) is 11.1 Å². The van der Waals surface area contributed by atoms with E-state index in [0.717, 1.165) is 16.8 Å². The lowest BCUT2D eigenvalue weighted by atomic mass is 10.1. The summed E-state index contributed by atoms with van der Waals surface area (Å²) in [5.74, 6) is 0.192. The van der Waals surface area contributed by atoms with E-state index in [-0.39, 0.29) is 29.6 Å². The van der Waals surface area contributed by atoms with Gasteiger partial charge in [-0.05, 0) is 38.0 Å². The minimum atomic E-state index is -0.506. The van der Waals surface area contributed by atoms with Crippen molar-refractivity contribution < 1.29 is 9.72 Å². The van der Waals surface area contributed by atoms with Crippen LogP contribution >= 0.6 is 11.8 Å². The molecule has 0 saturated carbocycles. The number of non-ortho nitro benzene ring substituents is 1. The summed E-state index contributed by atoms with van der Waals surface area (Å²) in [5, 5.41) is 19.2. The van der Waals surface area contributed by atoms with E-state index in [1.165, 1.54) is 30.1 Å². The summed E-state index contributed by atoms with van der Waals surface area (Å²) in [6.07, 6.45) is 1.56. The number of nitrogens with zero attached hydrogens (tertiary/aromatic N) is 5. The van der Waals surface area contributed by atoms with Gasteiger partial charge in [-0.3, -0.25) is 24.3 Å². The van der Waals surface area contributed by atoms with E-state index in [9.17, 15) is 19.7 Å². The monoisotopic (exact) mass is 490 g/mol. The molecule has 1 atom stereocenters. The first-order chi connectivity index (χ1) is 16.7. The standard InChI is InChI=1S/C24H22N6O4S/c1-13-4-7-20(15(3)8-13)29-22-18(11-25-29)23(32)28-17(12-35-24(28)27-22)10-21(31)26-19-9-16(30(33)34)6-5-14(19)2/h4-9,11,17H,10,12H2,1-3H3,(H,26,31). The van der Waals surface area contributed by atoms with Gasteiger partial charge in [0.25, 0.3) is 11.2 Å². The van der Waals surface area contributed by atoms with E-state index in [1.54, 1.807) is 22.2 Å². The third-order valence-corrected chi connectivity index (χ3v) is 7.18. The number of amides is 1. The van der Waals surface area contributed by atoms with E-state index in [2.05, 4.69) is 16.5 Å². The Kier molecular flexibility index (Phi) is 5.64. The largest absolute Gasteiger partial charge is 0.326 e. The van der Waals surface area contributed by atoms with Crippen molar-refractivity contribution in [2.45, 2.75) is 38.4 Å². The molecule has 0 aliphatic carbocycles. The number of nitro benzene ring substituents is 1. The van der Waals surface area contributed by atoms with Gasteiger partial charge in [0.2, 0.25) is 5.91 Å².